The van der Waals surface area contributed by atoms with Gasteiger partial charge in [-0.1, -0.05) is 41.6 Å². The molecule has 0 aliphatic rings. The van der Waals surface area contributed by atoms with E-state index in [1.54, 1.807) is 10.6 Å². The van der Waals surface area contributed by atoms with Crippen LogP contribution in [0.3, 0.4) is 0 Å². The summed E-state index contributed by atoms with van der Waals surface area (Å²) in [6.07, 6.45) is 0.352. The van der Waals surface area contributed by atoms with Crippen LogP contribution in [0.1, 0.15) is 24.5 Å². The molecule has 0 radical (unpaired) electrons. The highest BCUT2D eigenvalue weighted by molar-refractivity contribution is 7.99. The molecule has 1 aromatic heterocycles. The van der Waals surface area contributed by atoms with Crippen LogP contribution in [0.5, 0.6) is 0 Å². The molecule has 5 nitrogen and oxygen atoms in total. The molecule has 0 spiro atoms. The Labute approximate surface area is 162 Å². The first-order valence-electron chi connectivity index (χ1n) is 8.99. The first-order valence-corrected chi connectivity index (χ1v) is 9.97. The smallest absolute Gasteiger partial charge is 0.262 e. The quantitative estimate of drug-likeness (QED) is 0.514. The molecule has 0 atom stereocenters. The number of aryl methyl sites for hydroxylation is 2. The predicted molar refractivity (Wildman–Crippen MR) is 112 cm³/mol. The summed E-state index contributed by atoms with van der Waals surface area (Å²) in [5, 5.41) is 4.23. The topological polar surface area (TPSA) is 64.0 Å². The predicted octanol–water partition coefficient (Wildman–Crippen LogP) is 4.15. The maximum absolute atomic E-state index is 12.6. The fourth-order valence-electron chi connectivity index (χ4n) is 2.94. The monoisotopic (exact) mass is 381 g/mol. The Morgan fingerprint density at radius 1 is 1.19 bits per heavy atom. The number of fused-ring (bicyclic) bond motifs is 1. The summed E-state index contributed by atoms with van der Waals surface area (Å²) in [7, 11) is 0. The second kappa shape index (κ2) is 8.39. The summed E-state index contributed by atoms with van der Waals surface area (Å²) < 4.78 is 1.66. The number of carbonyl (C=O) groups is 1. The molecule has 1 amide bonds. The van der Waals surface area contributed by atoms with E-state index < -0.39 is 0 Å². The van der Waals surface area contributed by atoms with Crippen LogP contribution in [0, 0.1) is 13.8 Å². The average Bonchev–Trinajstić information content (AvgIpc) is 2.64. The van der Waals surface area contributed by atoms with Gasteiger partial charge in [-0.2, -0.15) is 0 Å². The fourth-order valence-corrected chi connectivity index (χ4v) is 3.94. The van der Waals surface area contributed by atoms with Gasteiger partial charge in [-0.3, -0.25) is 14.2 Å². The van der Waals surface area contributed by atoms with Crippen molar-refractivity contribution in [3.63, 3.8) is 0 Å². The average molecular weight is 382 g/mol. The van der Waals surface area contributed by atoms with Crippen molar-refractivity contribution >= 4 is 34.3 Å². The standard InChI is InChI=1S/C21H23N3O2S/c1-4-24-20(26)16-7-5-6-8-18(16)23-21(24)27-12-11-19(25)22-17-10-9-14(2)13-15(17)3/h5-10,13H,4,11-12H2,1-3H3,(H,22,25). The molecule has 1 N–H and O–H groups in total. The summed E-state index contributed by atoms with van der Waals surface area (Å²) in [6, 6.07) is 13.3. The Bertz CT molecular complexity index is 1040. The molecular weight excluding hydrogens is 358 g/mol. The normalized spacial score (nSPS) is 10.9. The fraction of sp³-hybridized carbons (Fsp3) is 0.286. The highest BCUT2D eigenvalue weighted by Crippen LogP contribution is 2.20. The van der Waals surface area contributed by atoms with Crippen LogP contribution in [0.2, 0.25) is 0 Å². The minimum Gasteiger partial charge on any atom is -0.326 e. The molecule has 0 saturated carbocycles. The highest BCUT2D eigenvalue weighted by Gasteiger charge is 2.11. The lowest BCUT2D eigenvalue weighted by Gasteiger charge is -2.12. The number of nitrogens with zero attached hydrogens (tertiary/aromatic N) is 2. The molecule has 1 heterocycles. The summed E-state index contributed by atoms with van der Waals surface area (Å²) >= 11 is 1.44. The molecule has 3 rings (SSSR count). The van der Waals surface area contributed by atoms with E-state index in [1.165, 1.54) is 17.3 Å². The minimum atomic E-state index is -0.0411. The number of hydrogen-bond acceptors (Lipinski definition) is 4. The van der Waals surface area contributed by atoms with Crippen molar-refractivity contribution in [2.45, 2.75) is 38.9 Å². The molecule has 0 bridgehead atoms. The van der Waals surface area contributed by atoms with Crippen LogP contribution < -0.4 is 10.9 Å². The highest BCUT2D eigenvalue weighted by atomic mass is 32.2. The molecule has 27 heavy (non-hydrogen) atoms. The Balaban J connectivity index is 1.68. The van der Waals surface area contributed by atoms with Gasteiger partial charge < -0.3 is 5.32 Å². The number of para-hydroxylation sites is 1. The Morgan fingerprint density at radius 3 is 2.70 bits per heavy atom. The van der Waals surface area contributed by atoms with Gasteiger partial charge in [-0.05, 0) is 44.5 Å². The molecule has 0 aliphatic carbocycles. The largest absolute Gasteiger partial charge is 0.326 e. The zero-order valence-corrected chi connectivity index (χ0v) is 16.6. The number of rotatable bonds is 6. The van der Waals surface area contributed by atoms with Gasteiger partial charge >= 0.3 is 0 Å². The van der Waals surface area contributed by atoms with Crippen molar-refractivity contribution in [2.75, 3.05) is 11.1 Å². The van der Waals surface area contributed by atoms with E-state index in [0.29, 0.717) is 34.8 Å². The van der Waals surface area contributed by atoms with Gasteiger partial charge in [0, 0.05) is 24.4 Å². The lowest BCUT2D eigenvalue weighted by Crippen LogP contribution is -2.22. The molecule has 0 saturated heterocycles. The van der Waals surface area contributed by atoms with E-state index in [-0.39, 0.29) is 11.5 Å². The number of thioether (sulfide) groups is 1. The maximum atomic E-state index is 12.6. The van der Waals surface area contributed by atoms with Crippen LogP contribution in [-0.2, 0) is 11.3 Å². The van der Waals surface area contributed by atoms with Gasteiger partial charge in [0.25, 0.3) is 5.56 Å². The maximum Gasteiger partial charge on any atom is 0.262 e. The molecule has 2 aromatic carbocycles. The Hall–Kier alpha value is -2.60. The summed E-state index contributed by atoms with van der Waals surface area (Å²) in [4.78, 5) is 29.5. The van der Waals surface area contributed by atoms with E-state index in [2.05, 4.69) is 10.3 Å². The van der Waals surface area contributed by atoms with E-state index in [0.717, 1.165) is 11.3 Å². The van der Waals surface area contributed by atoms with Crippen LogP contribution in [0.15, 0.2) is 52.4 Å². The van der Waals surface area contributed by atoms with Crippen LogP contribution in [0.25, 0.3) is 10.9 Å². The molecule has 0 fully saturated rings. The van der Waals surface area contributed by atoms with Crippen molar-refractivity contribution in [2.24, 2.45) is 0 Å². The molecule has 0 unspecified atom stereocenters. The minimum absolute atomic E-state index is 0.0367. The Kier molecular flexibility index (Phi) is 5.96. The lowest BCUT2D eigenvalue weighted by molar-refractivity contribution is -0.115. The lowest BCUT2D eigenvalue weighted by atomic mass is 10.1. The van der Waals surface area contributed by atoms with E-state index >= 15 is 0 Å². The Morgan fingerprint density at radius 2 is 1.96 bits per heavy atom. The molecule has 0 aliphatic heterocycles. The van der Waals surface area contributed by atoms with Crippen LogP contribution >= 0.6 is 11.8 Å². The SMILES string of the molecule is CCn1c(SCCC(=O)Nc2ccc(C)cc2C)nc2ccccc2c1=O. The van der Waals surface area contributed by atoms with Gasteiger partial charge in [0.15, 0.2) is 5.16 Å². The number of benzene rings is 2. The zero-order valence-electron chi connectivity index (χ0n) is 15.8. The molecular formula is C21H23N3O2S. The molecule has 140 valence electrons. The second-order valence-corrected chi connectivity index (χ2v) is 7.49. The van der Waals surface area contributed by atoms with Crippen molar-refractivity contribution in [1.82, 2.24) is 9.55 Å². The third-order valence-electron chi connectivity index (χ3n) is 4.36. The third-order valence-corrected chi connectivity index (χ3v) is 5.34. The summed E-state index contributed by atoms with van der Waals surface area (Å²) in [5.41, 5.74) is 3.71. The number of carbonyl (C=O) groups excluding carboxylic acids is 1. The third kappa shape index (κ3) is 4.39. The molecule has 6 heteroatoms. The number of hydrogen-bond donors (Lipinski definition) is 1. The first kappa shape index (κ1) is 19.2. The zero-order chi connectivity index (χ0) is 19.4. The van der Waals surface area contributed by atoms with Gasteiger partial charge in [-0.25, -0.2) is 4.98 Å². The van der Waals surface area contributed by atoms with E-state index in [1.807, 2.05) is 57.2 Å². The number of anilines is 1. The first-order chi connectivity index (χ1) is 13.0. The van der Waals surface area contributed by atoms with Crippen LogP contribution in [0.4, 0.5) is 5.69 Å². The summed E-state index contributed by atoms with van der Waals surface area (Å²) in [6.45, 7) is 6.48. The van der Waals surface area contributed by atoms with Crippen molar-refractivity contribution in [3.05, 3.63) is 63.9 Å². The van der Waals surface area contributed by atoms with Gasteiger partial charge in [0.1, 0.15) is 0 Å². The summed E-state index contributed by atoms with van der Waals surface area (Å²) in [5.74, 6) is 0.516. The van der Waals surface area contributed by atoms with Gasteiger partial charge in [0.05, 0.1) is 10.9 Å². The van der Waals surface area contributed by atoms with E-state index in [4.69, 9.17) is 0 Å². The number of aromatic nitrogens is 2. The van der Waals surface area contributed by atoms with E-state index in [9.17, 15) is 9.59 Å². The van der Waals surface area contributed by atoms with Gasteiger partial charge in [0.2, 0.25) is 5.91 Å². The number of nitrogens with one attached hydrogen (secondary N) is 1. The second-order valence-electron chi connectivity index (χ2n) is 6.43. The van der Waals surface area contributed by atoms with Crippen LogP contribution in [-0.4, -0.2) is 21.2 Å². The van der Waals surface area contributed by atoms with Crippen molar-refractivity contribution in [1.29, 1.82) is 0 Å². The van der Waals surface area contributed by atoms with Crippen molar-refractivity contribution < 1.29 is 4.79 Å². The van der Waals surface area contributed by atoms with Gasteiger partial charge in [-0.15, -0.1) is 0 Å². The van der Waals surface area contributed by atoms with Crippen molar-refractivity contribution in [3.8, 4) is 0 Å². The molecule has 3 aromatic rings. The number of amides is 1.